The van der Waals surface area contributed by atoms with Crippen molar-refractivity contribution in [3.63, 3.8) is 0 Å². The van der Waals surface area contributed by atoms with Gasteiger partial charge in [-0.25, -0.2) is 0 Å². The van der Waals surface area contributed by atoms with Crippen LogP contribution in [0.3, 0.4) is 0 Å². The summed E-state index contributed by atoms with van der Waals surface area (Å²) in [4.78, 5) is 46.7. The third-order valence-corrected chi connectivity index (χ3v) is 6.47. The minimum Gasteiger partial charge on any atom is -0.393 e. The van der Waals surface area contributed by atoms with E-state index in [-0.39, 0.29) is 12.8 Å². The number of cyclic esters (lactones) is 4. The lowest BCUT2D eigenvalue weighted by atomic mass is 9.65. The topological polar surface area (TPSA) is 141 Å². The molecule has 1 saturated carbocycles. The summed E-state index contributed by atoms with van der Waals surface area (Å²) in [7, 11) is -4.62. The van der Waals surface area contributed by atoms with Crippen molar-refractivity contribution in [3.05, 3.63) is 0 Å². The van der Waals surface area contributed by atoms with E-state index in [1.165, 1.54) is 6.92 Å². The largest absolute Gasteiger partial charge is 0.393 e. The van der Waals surface area contributed by atoms with E-state index in [1.807, 2.05) is 0 Å². The van der Waals surface area contributed by atoms with Gasteiger partial charge in [-0.05, 0) is 18.3 Å². The van der Waals surface area contributed by atoms with E-state index >= 15 is 0 Å². The lowest BCUT2D eigenvalue weighted by Crippen LogP contribution is -2.50. The Balaban J connectivity index is 2.03. The second-order valence-corrected chi connectivity index (χ2v) is 7.79. The van der Waals surface area contributed by atoms with Gasteiger partial charge in [0.2, 0.25) is 0 Å². The van der Waals surface area contributed by atoms with Gasteiger partial charge in [0.05, 0.1) is 29.4 Å². The highest BCUT2D eigenvalue weighted by Crippen LogP contribution is 2.49. The van der Waals surface area contributed by atoms with Gasteiger partial charge in [0.15, 0.2) is 0 Å². The number of carbonyl (C=O) groups excluding carboxylic acids is 4. The highest BCUT2D eigenvalue weighted by Gasteiger charge is 2.60. The summed E-state index contributed by atoms with van der Waals surface area (Å²) in [5.41, 5.74) is 0. The molecule has 0 aromatic carbocycles. The molecule has 6 unspecified atom stereocenters. The second kappa shape index (κ2) is 5.10. The van der Waals surface area contributed by atoms with Crippen molar-refractivity contribution >= 4 is 34.0 Å². The number of carbonyl (C=O) groups is 4. The van der Waals surface area contributed by atoms with E-state index in [1.54, 1.807) is 0 Å². The van der Waals surface area contributed by atoms with Crippen molar-refractivity contribution in [2.45, 2.75) is 25.0 Å². The molecule has 2 saturated heterocycles. The molecule has 0 radical (unpaired) electrons. The molecule has 9 nitrogen and oxygen atoms in total. The summed E-state index contributed by atoms with van der Waals surface area (Å²) in [6, 6.07) is 0. The van der Waals surface area contributed by atoms with Crippen molar-refractivity contribution in [2.75, 3.05) is 0 Å². The number of ether oxygens (including phenoxy) is 2. The standard InChI is InChI=1S/C13H14O9S/c1-4-9-7(12(16)22-13(9)17)2-5(10(4)23(18,19)20)6-3-8(14)21-11(6)15/h4-7,9-10H,2-3H2,1H3,(H,18,19,20). The van der Waals surface area contributed by atoms with Crippen LogP contribution in [-0.2, 0) is 38.8 Å². The quantitative estimate of drug-likeness (QED) is 0.390. The van der Waals surface area contributed by atoms with Crippen molar-refractivity contribution in [1.82, 2.24) is 0 Å². The van der Waals surface area contributed by atoms with Gasteiger partial charge in [-0.15, -0.1) is 0 Å². The Morgan fingerprint density at radius 1 is 1.00 bits per heavy atom. The van der Waals surface area contributed by atoms with Crippen LogP contribution in [0.25, 0.3) is 0 Å². The molecule has 1 aliphatic carbocycles. The first-order chi connectivity index (χ1) is 10.6. The number of hydrogen-bond acceptors (Lipinski definition) is 8. The first kappa shape index (κ1) is 16.1. The smallest absolute Gasteiger partial charge is 0.317 e. The Hall–Kier alpha value is -1.81. The highest BCUT2D eigenvalue weighted by atomic mass is 32.2. The molecule has 0 amide bonds. The van der Waals surface area contributed by atoms with Crippen LogP contribution >= 0.6 is 0 Å². The molecule has 0 spiro atoms. The molecular formula is C13H14O9S. The molecule has 2 aliphatic heterocycles. The van der Waals surface area contributed by atoms with Crippen LogP contribution in [0.2, 0.25) is 0 Å². The van der Waals surface area contributed by atoms with Crippen molar-refractivity contribution in [2.24, 2.45) is 29.6 Å². The van der Waals surface area contributed by atoms with Gasteiger partial charge in [-0.3, -0.25) is 23.7 Å². The molecule has 0 bridgehead atoms. The molecule has 6 atom stereocenters. The van der Waals surface area contributed by atoms with E-state index in [9.17, 15) is 32.1 Å². The van der Waals surface area contributed by atoms with Crippen molar-refractivity contribution in [1.29, 1.82) is 0 Å². The van der Waals surface area contributed by atoms with Gasteiger partial charge in [0, 0.05) is 0 Å². The van der Waals surface area contributed by atoms with Crippen molar-refractivity contribution in [3.8, 4) is 0 Å². The Bertz CT molecular complexity index is 709. The zero-order chi connectivity index (χ0) is 17.1. The average Bonchev–Trinajstić information content (AvgIpc) is 2.87. The van der Waals surface area contributed by atoms with E-state index in [4.69, 9.17) is 0 Å². The number of hydrogen-bond donors (Lipinski definition) is 1. The molecule has 10 heteroatoms. The van der Waals surface area contributed by atoms with Crippen LogP contribution in [0, 0.1) is 29.6 Å². The summed E-state index contributed by atoms with van der Waals surface area (Å²) >= 11 is 0. The zero-order valence-corrected chi connectivity index (χ0v) is 12.8. The SMILES string of the molecule is CC1C2C(=O)OC(=O)C2CC(C2CC(=O)OC2=O)C1S(=O)(=O)O. The summed E-state index contributed by atoms with van der Waals surface area (Å²) in [6.45, 7) is 1.41. The Morgan fingerprint density at radius 2 is 1.61 bits per heavy atom. The van der Waals surface area contributed by atoms with Gasteiger partial charge in [0.25, 0.3) is 10.1 Å². The fraction of sp³-hybridized carbons (Fsp3) is 0.692. The van der Waals surface area contributed by atoms with Crippen LogP contribution < -0.4 is 0 Å². The molecule has 0 aromatic heterocycles. The predicted octanol–water partition coefficient (Wildman–Crippen LogP) is -0.696. The minimum atomic E-state index is -4.62. The van der Waals surface area contributed by atoms with Gasteiger partial charge in [-0.2, -0.15) is 8.42 Å². The third kappa shape index (κ3) is 2.45. The first-order valence-corrected chi connectivity index (χ1v) is 8.58. The average molecular weight is 346 g/mol. The summed E-state index contributed by atoms with van der Waals surface area (Å²) < 4.78 is 42.2. The molecule has 3 fully saturated rings. The van der Waals surface area contributed by atoms with E-state index < -0.39 is 68.8 Å². The molecule has 3 rings (SSSR count). The van der Waals surface area contributed by atoms with Crippen LogP contribution in [0.1, 0.15) is 19.8 Å². The fourth-order valence-electron chi connectivity index (χ4n) is 4.10. The van der Waals surface area contributed by atoms with Crippen LogP contribution in [0.4, 0.5) is 0 Å². The Kier molecular flexibility index (Phi) is 3.56. The monoisotopic (exact) mass is 346 g/mol. The number of esters is 4. The fourth-order valence-corrected chi connectivity index (χ4v) is 5.56. The first-order valence-electron chi connectivity index (χ1n) is 7.07. The second-order valence-electron chi connectivity index (χ2n) is 6.21. The van der Waals surface area contributed by atoms with Crippen LogP contribution in [0.5, 0.6) is 0 Å². The third-order valence-electron chi connectivity index (χ3n) is 5.01. The summed E-state index contributed by atoms with van der Waals surface area (Å²) in [5, 5.41) is -1.45. The van der Waals surface area contributed by atoms with Gasteiger partial charge in [0.1, 0.15) is 0 Å². The summed E-state index contributed by atoms with van der Waals surface area (Å²) in [6.07, 6.45) is -0.459. The molecule has 3 aliphatic rings. The van der Waals surface area contributed by atoms with Crippen LogP contribution in [0.15, 0.2) is 0 Å². The lowest BCUT2D eigenvalue weighted by Gasteiger charge is -2.40. The zero-order valence-electron chi connectivity index (χ0n) is 12.0. The lowest BCUT2D eigenvalue weighted by molar-refractivity contribution is -0.156. The normalized spacial score (nSPS) is 40.8. The van der Waals surface area contributed by atoms with E-state index in [2.05, 4.69) is 9.47 Å². The van der Waals surface area contributed by atoms with Gasteiger partial charge in [-0.1, -0.05) is 6.92 Å². The molecule has 126 valence electrons. The van der Waals surface area contributed by atoms with Crippen molar-refractivity contribution < 1.29 is 41.6 Å². The minimum absolute atomic E-state index is 0.142. The molecule has 2 heterocycles. The maximum atomic E-state index is 11.8. The molecule has 1 N–H and O–H groups in total. The Labute approximate surface area is 131 Å². The predicted molar refractivity (Wildman–Crippen MR) is 69.9 cm³/mol. The maximum Gasteiger partial charge on any atom is 0.317 e. The molecule has 23 heavy (non-hydrogen) atoms. The van der Waals surface area contributed by atoms with Gasteiger partial charge >= 0.3 is 23.9 Å². The molecule has 0 aromatic rings. The van der Waals surface area contributed by atoms with E-state index in [0.29, 0.717) is 0 Å². The summed E-state index contributed by atoms with van der Waals surface area (Å²) in [5.74, 6) is -8.14. The van der Waals surface area contributed by atoms with E-state index in [0.717, 1.165) is 0 Å². The van der Waals surface area contributed by atoms with Gasteiger partial charge < -0.3 is 9.47 Å². The highest BCUT2D eigenvalue weighted by molar-refractivity contribution is 7.86. The number of fused-ring (bicyclic) bond motifs is 1. The number of rotatable bonds is 2. The van der Waals surface area contributed by atoms with Crippen LogP contribution in [-0.4, -0.2) is 42.1 Å². The maximum absolute atomic E-state index is 11.8. The molecular weight excluding hydrogens is 332 g/mol. The Morgan fingerprint density at radius 3 is 2.13 bits per heavy atom.